The average Bonchev–Trinajstić information content (AvgIpc) is 3.82. The highest BCUT2D eigenvalue weighted by Crippen LogP contribution is 2.42. The van der Waals surface area contributed by atoms with Crippen molar-refractivity contribution in [1.82, 2.24) is 9.13 Å². The standard InChI is InChI=1S/C54H40N4/c1-3-14-35(15-4-1)36-26-28-38(29-27-36)52-46-33-30-37-16-7-8-19-42(37)53(46)56-54(55-52)58-47-23-11-9-20-43(47)44-32-31-39(34-50(44)58)41-22-13-25-49-51(41)45-21-10-12-24-48(45)57(49)40-17-5-2-6-18-40/h1,3-5,7-10,12-22,24-34,42,53H,2,6,11,23H2. The van der Waals surface area contributed by atoms with E-state index < -0.39 is 0 Å². The van der Waals surface area contributed by atoms with E-state index in [2.05, 4.69) is 191 Å². The third kappa shape index (κ3) is 5.14. The Kier molecular flexibility index (Phi) is 7.59. The van der Waals surface area contributed by atoms with Crippen LogP contribution in [0.1, 0.15) is 36.1 Å². The van der Waals surface area contributed by atoms with E-state index in [1.54, 1.807) is 0 Å². The Bertz CT molecular complexity index is 3150. The molecule has 0 spiro atoms. The number of aliphatic imine (C=N–C) groups is 2. The van der Waals surface area contributed by atoms with Crippen molar-refractivity contribution in [2.45, 2.75) is 31.7 Å². The molecule has 0 amide bonds. The van der Waals surface area contributed by atoms with Crippen molar-refractivity contribution in [3.63, 3.8) is 0 Å². The number of hydrogen-bond acceptors (Lipinski definition) is 2. The zero-order chi connectivity index (χ0) is 38.2. The lowest BCUT2D eigenvalue weighted by Crippen LogP contribution is -2.35. The zero-order valence-corrected chi connectivity index (χ0v) is 32.1. The number of nitrogens with zero attached hydrogens (tertiary/aromatic N) is 4. The quantitative estimate of drug-likeness (QED) is 0.172. The zero-order valence-electron chi connectivity index (χ0n) is 32.1. The highest BCUT2D eigenvalue weighted by Gasteiger charge is 2.36. The highest BCUT2D eigenvalue weighted by atomic mass is 15.2. The summed E-state index contributed by atoms with van der Waals surface area (Å²) in [5.74, 6) is 0.907. The molecule has 12 rings (SSSR count). The van der Waals surface area contributed by atoms with Gasteiger partial charge in [0, 0.05) is 50.2 Å². The van der Waals surface area contributed by atoms with Crippen LogP contribution < -0.4 is 0 Å². The molecule has 4 aliphatic carbocycles. The molecule has 1 aliphatic heterocycles. The Morgan fingerprint density at radius 2 is 1.40 bits per heavy atom. The van der Waals surface area contributed by atoms with Gasteiger partial charge < -0.3 is 4.57 Å². The predicted octanol–water partition coefficient (Wildman–Crippen LogP) is 12.9. The van der Waals surface area contributed by atoms with E-state index in [4.69, 9.17) is 9.98 Å². The third-order valence-corrected chi connectivity index (χ3v) is 12.6. The van der Waals surface area contributed by atoms with Crippen LogP contribution in [-0.2, 0) is 6.42 Å². The van der Waals surface area contributed by atoms with E-state index in [1.165, 1.54) is 77.5 Å². The fourth-order valence-electron chi connectivity index (χ4n) is 9.90. The van der Waals surface area contributed by atoms with E-state index in [0.717, 1.165) is 48.4 Å². The Hall–Kier alpha value is -7.04. The van der Waals surface area contributed by atoms with E-state index in [0.29, 0.717) is 0 Å². The molecule has 0 bridgehead atoms. The molecule has 5 aliphatic rings. The van der Waals surface area contributed by atoms with Crippen LogP contribution in [0, 0.1) is 5.92 Å². The summed E-state index contributed by atoms with van der Waals surface area (Å²) >= 11 is 0. The van der Waals surface area contributed by atoms with Crippen LogP contribution in [0.5, 0.6) is 0 Å². The van der Waals surface area contributed by atoms with Crippen LogP contribution in [0.15, 0.2) is 197 Å². The molecule has 2 aromatic heterocycles. The van der Waals surface area contributed by atoms with Gasteiger partial charge in [0.15, 0.2) is 0 Å². The van der Waals surface area contributed by atoms with Gasteiger partial charge in [-0.2, -0.15) is 0 Å². The maximum Gasteiger partial charge on any atom is 0.230 e. The Labute approximate surface area is 337 Å². The number of fused-ring (bicyclic) bond motifs is 9. The molecule has 0 saturated carbocycles. The van der Waals surface area contributed by atoms with Gasteiger partial charge in [-0.15, -0.1) is 0 Å². The van der Waals surface area contributed by atoms with Crippen molar-refractivity contribution >= 4 is 56.2 Å². The normalized spacial score (nSPS) is 19.3. The summed E-state index contributed by atoms with van der Waals surface area (Å²) in [5, 5.41) is 3.78. The first-order valence-electron chi connectivity index (χ1n) is 20.6. The van der Waals surface area contributed by atoms with Crippen LogP contribution in [0.25, 0.3) is 66.7 Å². The molecule has 0 radical (unpaired) electrons. The minimum absolute atomic E-state index is 0.0871. The van der Waals surface area contributed by atoms with Crippen molar-refractivity contribution in [2.75, 3.05) is 0 Å². The van der Waals surface area contributed by atoms with Gasteiger partial charge in [-0.1, -0.05) is 158 Å². The van der Waals surface area contributed by atoms with Crippen LogP contribution in [-0.4, -0.2) is 26.8 Å². The van der Waals surface area contributed by atoms with Crippen LogP contribution >= 0.6 is 0 Å². The first-order valence-corrected chi connectivity index (χ1v) is 20.6. The lowest BCUT2D eigenvalue weighted by atomic mass is 9.77. The van der Waals surface area contributed by atoms with Gasteiger partial charge in [0.1, 0.15) is 0 Å². The second kappa shape index (κ2) is 13.3. The van der Waals surface area contributed by atoms with E-state index in [-0.39, 0.29) is 12.0 Å². The Morgan fingerprint density at radius 3 is 2.29 bits per heavy atom. The smallest absolute Gasteiger partial charge is 0.230 e. The predicted molar refractivity (Wildman–Crippen MR) is 243 cm³/mol. The minimum atomic E-state index is -0.0871. The van der Waals surface area contributed by atoms with Gasteiger partial charge in [-0.3, -0.25) is 4.57 Å². The van der Waals surface area contributed by atoms with Crippen molar-refractivity contribution in [3.8, 4) is 22.3 Å². The first kappa shape index (κ1) is 33.1. The summed E-state index contributed by atoms with van der Waals surface area (Å²) in [4.78, 5) is 11.2. The fraction of sp³-hybridized carbons (Fsp3) is 0.111. The fourth-order valence-corrected chi connectivity index (χ4v) is 9.90. The number of benzene rings is 5. The van der Waals surface area contributed by atoms with Crippen molar-refractivity contribution < 1.29 is 0 Å². The number of para-hydroxylation sites is 1. The second-order valence-electron chi connectivity index (χ2n) is 15.9. The molecular formula is C54H40N4. The lowest BCUT2D eigenvalue weighted by molar-refractivity contribution is 0.637. The van der Waals surface area contributed by atoms with Crippen molar-refractivity contribution in [2.24, 2.45) is 15.9 Å². The molecule has 58 heavy (non-hydrogen) atoms. The SMILES string of the molecule is C1=CC2=CC=C3C(c4ccc(-c5ccccc5)cc4)=NC(n4c5c(c6ccc(-c7cccc8c7c7ccccc7n8C7=CCCC=C7)cc64)C=CCC5)=NC3C2C=C1. The van der Waals surface area contributed by atoms with E-state index >= 15 is 0 Å². The second-order valence-corrected chi connectivity index (χ2v) is 15.9. The van der Waals surface area contributed by atoms with Gasteiger partial charge in [0.05, 0.1) is 28.3 Å². The largest absolute Gasteiger partial charge is 0.310 e. The maximum absolute atomic E-state index is 5.64. The molecule has 4 heteroatoms. The monoisotopic (exact) mass is 744 g/mol. The molecule has 276 valence electrons. The van der Waals surface area contributed by atoms with E-state index in [1.807, 2.05) is 0 Å². The molecule has 0 fully saturated rings. The lowest BCUT2D eigenvalue weighted by Gasteiger charge is -2.33. The Morgan fingerprint density at radius 1 is 0.586 bits per heavy atom. The number of aromatic nitrogens is 2. The van der Waals surface area contributed by atoms with Gasteiger partial charge in [-0.25, -0.2) is 9.98 Å². The number of hydrogen-bond donors (Lipinski definition) is 0. The summed E-state index contributed by atoms with van der Waals surface area (Å²) in [5.41, 5.74) is 16.8. The minimum Gasteiger partial charge on any atom is -0.310 e. The molecule has 2 unspecified atom stereocenters. The molecule has 0 N–H and O–H groups in total. The third-order valence-electron chi connectivity index (χ3n) is 12.6. The van der Waals surface area contributed by atoms with Crippen LogP contribution in [0.4, 0.5) is 0 Å². The summed E-state index contributed by atoms with van der Waals surface area (Å²) in [6.45, 7) is 0. The van der Waals surface area contributed by atoms with Crippen molar-refractivity contribution in [3.05, 3.63) is 204 Å². The molecule has 7 aromatic rings. The molecular weight excluding hydrogens is 705 g/mol. The highest BCUT2D eigenvalue weighted by molar-refractivity contribution is 6.21. The van der Waals surface area contributed by atoms with Crippen LogP contribution in [0.2, 0.25) is 0 Å². The number of rotatable bonds is 4. The summed E-state index contributed by atoms with van der Waals surface area (Å²) < 4.78 is 4.84. The van der Waals surface area contributed by atoms with Gasteiger partial charge in [0.25, 0.3) is 0 Å². The molecule has 4 nitrogen and oxygen atoms in total. The molecule has 2 atom stereocenters. The average molecular weight is 745 g/mol. The van der Waals surface area contributed by atoms with Crippen LogP contribution in [0.3, 0.4) is 0 Å². The Balaban J connectivity index is 1.06. The first-order chi connectivity index (χ1) is 28.8. The summed E-state index contributed by atoms with van der Waals surface area (Å²) in [6.07, 6.45) is 29.0. The van der Waals surface area contributed by atoms with E-state index in [9.17, 15) is 0 Å². The molecule has 3 heterocycles. The molecule has 0 saturated heterocycles. The topological polar surface area (TPSA) is 34.6 Å². The van der Waals surface area contributed by atoms with Gasteiger partial charge in [0.2, 0.25) is 5.96 Å². The summed E-state index contributed by atoms with van der Waals surface area (Å²) in [6, 6.07) is 42.1. The van der Waals surface area contributed by atoms with Gasteiger partial charge in [-0.05, 0) is 77.8 Å². The summed E-state index contributed by atoms with van der Waals surface area (Å²) in [7, 11) is 0. The van der Waals surface area contributed by atoms with Gasteiger partial charge >= 0.3 is 0 Å². The maximum atomic E-state index is 5.64. The number of allylic oxidation sites excluding steroid dienone is 10. The molecule has 5 aromatic carbocycles. The van der Waals surface area contributed by atoms with Crippen molar-refractivity contribution in [1.29, 1.82) is 0 Å².